The van der Waals surface area contributed by atoms with Crippen LogP contribution in [0.5, 0.6) is 5.75 Å². The molecule has 1 aliphatic heterocycles. The van der Waals surface area contributed by atoms with E-state index in [9.17, 15) is 9.59 Å². The Bertz CT molecular complexity index is 1170. The van der Waals surface area contributed by atoms with E-state index in [2.05, 4.69) is 25.5 Å². The summed E-state index contributed by atoms with van der Waals surface area (Å²) < 4.78 is 10.5. The normalized spacial score (nSPS) is 13.8. The first-order valence-corrected chi connectivity index (χ1v) is 10.8. The van der Waals surface area contributed by atoms with E-state index in [1.807, 2.05) is 13.0 Å². The highest BCUT2D eigenvalue weighted by Crippen LogP contribution is 2.24. The van der Waals surface area contributed by atoms with Crippen molar-refractivity contribution in [3.63, 3.8) is 0 Å². The van der Waals surface area contributed by atoms with Crippen LogP contribution in [0.2, 0.25) is 0 Å². The van der Waals surface area contributed by atoms with E-state index in [1.165, 1.54) is 32.4 Å². The number of rotatable bonds is 7. The van der Waals surface area contributed by atoms with Crippen LogP contribution in [0, 0.1) is 6.92 Å². The Morgan fingerprint density at radius 1 is 1.16 bits per heavy atom. The molecule has 0 unspecified atom stereocenters. The third kappa shape index (κ3) is 4.82. The van der Waals surface area contributed by atoms with Crippen LogP contribution in [-0.2, 0) is 0 Å². The number of methoxy groups -OCH3 is 1. The van der Waals surface area contributed by atoms with Crippen LogP contribution in [0.1, 0.15) is 35.3 Å². The van der Waals surface area contributed by atoms with Gasteiger partial charge >= 0.3 is 5.63 Å². The lowest BCUT2D eigenvalue weighted by Gasteiger charge is -2.28. The summed E-state index contributed by atoms with van der Waals surface area (Å²) in [6.45, 7) is 4.67. The van der Waals surface area contributed by atoms with Gasteiger partial charge < -0.3 is 24.7 Å². The van der Waals surface area contributed by atoms with E-state index in [0.29, 0.717) is 35.8 Å². The summed E-state index contributed by atoms with van der Waals surface area (Å²) in [5.41, 5.74) is 0.446. The molecule has 168 valence electrons. The number of fused-ring (bicyclic) bond motifs is 1. The number of carbonyl (C=O) groups excluding carboxylic acids is 1. The molecule has 0 aliphatic carbocycles. The lowest BCUT2D eigenvalue weighted by atomic mass is 10.1. The number of anilines is 2. The van der Waals surface area contributed by atoms with Gasteiger partial charge in [0.2, 0.25) is 5.95 Å². The van der Waals surface area contributed by atoms with E-state index in [-0.39, 0.29) is 5.56 Å². The quantitative estimate of drug-likeness (QED) is 0.429. The number of hydrogen-bond acceptors (Lipinski definition) is 8. The topological polar surface area (TPSA) is 110 Å². The van der Waals surface area contributed by atoms with Crippen LogP contribution in [0.15, 0.2) is 39.5 Å². The zero-order chi connectivity index (χ0) is 22.5. The summed E-state index contributed by atoms with van der Waals surface area (Å²) >= 11 is 0. The molecule has 1 fully saturated rings. The number of ether oxygens (including phenoxy) is 1. The number of aromatic nitrogens is 2. The van der Waals surface area contributed by atoms with Gasteiger partial charge in [0, 0.05) is 43.3 Å². The Morgan fingerprint density at radius 2 is 1.97 bits per heavy atom. The summed E-state index contributed by atoms with van der Waals surface area (Å²) in [6, 6.07) is 8.73. The molecule has 0 radical (unpaired) electrons. The largest absolute Gasteiger partial charge is 0.493 e. The smallest absolute Gasteiger partial charge is 0.349 e. The molecule has 3 heterocycles. The van der Waals surface area contributed by atoms with Crippen molar-refractivity contribution in [2.45, 2.75) is 26.2 Å². The average molecular weight is 438 g/mol. The van der Waals surface area contributed by atoms with Gasteiger partial charge in [-0.05, 0) is 38.3 Å². The second-order valence-electron chi connectivity index (χ2n) is 7.75. The minimum absolute atomic E-state index is 0.0510. The summed E-state index contributed by atoms with van der Waals surface area (Å²) in [6.07, 6.45) is 3.61. The minimum Gasteiger partial charge on any atom is -0.493 e. The number of benzene rings is 1. The molecule has 1 saturated heterocycles. The lowest BCUT2D eigenvalue weighted by Crippen LogP contribution is -2.32. The number of para-hydroxylation sites is 1. The van der Waals surface area contributed by atoms with Crippen molar-refractivity contribution in [2.75, 3.05) is 43.5 Å². The van der Waals surface area contributed by atoms with Gasteiger partial charge in [0.25, 0.3) is 5.91 Å². The number of carbonyl (C=O) groups is 1. The third-order valence-electron chi connectivity index (χ3n) is 5.40. The second-order valence-corrected chi connectivity index (χ2v) is 7.75. The Hall–Kier alpha value is -3.62. The van der Waals surface area contributed by atoms with E-state index in [0.717, 1.165) is 24.6 Å². The molecular formula is C23H27N5O4. The summed E-state index contributed by atoms with van der Waals surface area (Å²) in [5.74, 6) is 1.40. The van der Waals surface area contributed by atoms with Gasteiger partial charge in [0.1, 0.15) is 11.4 Å². The molecule has 1 aromatic carbocycles. The molecule has 1 amide bonds. The van der Waals surface area contributed by atoms with Crippen molar-refractivity contribution in [1.82, 2.24) is 15.3 Å². The van der Waals surface area contributed by atoms with Crippen LogP contribution >= 0.6 is 0 Å². The zero-order valence-corrected chi connectivity index (χ0v) is 18.3. The Kier molecular flexibility index (Phi) is 6.53. The fourth-order valence-electron chi connectivity index (χ4n) is 3.80. The van der Waals surface area contributed by atoms with Crippen molar-refractivity contribution in [1.29, 1.82) is 0 Å². The molecule has 9 heteroatoms. The second kappa shape index (κ2) is 9.67. The Morgan fingerprint density at radius 3 is 2.75 bits per heavy atom. The zero-order valence-electron chi connectivity index (χ0n) is 18.3. The molecule has 0 saturated carbocycles. The number of hydrogen-bond donors (Lipinski definition) is 2. The first-order valence-electron chi connectivity index (χ1n) is 10.8. The van der Waals surface area contributed by atoms with Crippen LogP contribution in [0.3, 0.4) is 0 Å². The highest BCUT2D eigenvalue weighted by molar-refractivity contribution is 5.97. The van der Waals surface area contributed by atoms with Crippen molar-refractivity contribution >= 4 is 28.6 Å². The minimum atomic E-state index is -0.708. The number of piperidine rings is 1. The molecule has 2 N–H and O–H groups in total. The van der Waals surface area contributed by atoms with Crippen molar-refractivity contribution in [3.8, 4) is 5.75 Å². The maximum absolute atomic E-state index is 12.5. The highest BCUT2D eigenvalue weighted by atomic mass is 16.5. The maximum atomic E-state index is 12.5. The standard InChI is InChI=1S/C23H27N5O4/c1-15-13-19(28-11-4-3-5-12-28)27-23(26-15)25-10-9-24-21(29)17-14-16-7-6-8-18(31-2)20(16)32-22(17)30/h6-8,13-14H,3-5,9-12H2,1-2H3,(H,24,29)(H,25,26,27). The number of nitrogens with one attached hydrogen (secondary N) is 2. The highest BCUT2D eigenvalue weighted by Gasteiger charge is 2.16. The number of nitrogens with zero attached hydrogens (tertiary/aromatic N) is 3. The van der Waals surface area contributed by atoms with Crippen LogP contribution < -0.4 is 25.9 Å². The fourth-order valence-corrected chi connectivity index (χ4v) is 3.80. The SMILES string of the molecule is COc1cccc2cc(C(=O)NCCNc3nc(C)cc(N4CCCCC4)n3)c(=O)oc12. The van der Waals surface area contributed by atoms with Crippen LogP contribution in [0.25, 0.3) is 11.0 Å². The summed E-state index contributed by atoms with van der Waals surface area (Å²) in [4.78, 5) is 36.1. The molecule has 3 aromatic rings. The average Bonchev–Trinajstić information content (AvgIpc) is 2.81. The first-order chi connectivity index (χ1) is 15.5. The van der Waals surface area contributed by atoms with Gasteiger partial charge in [0.15, 0.2) is 11.3 Å². The molecule has 0 atom stereocenters. The van der Waals surface area contributed by atoms with Gasteiger partial charge in [-0.2, -0.15) is 4.98 Å². The molecule has 9 nitrogen and oxygen atoms in total. The molecule has 32 heavy (non-hydrogen) atoms. The Labute approximate surface area is 185 Å². The van der Waals surface area contributed by atoms with Crippen LogP contribution in [-0.4, -0.2) is 49.2 Å². The predicted octanol–water partition coefficient (Wildman–Crippen LogP) is 2.73. The summed E-state index contributed by atoms with van der Waals surface area (Å²) in [7, 11) is 1.50. The van der Waals surface area contributed by atoms with Gasteiger partial charge in [0.05, 0.1) is 7.11 Å². The molecule has 2 aromatic heterocycles. The third-order valence-corrected chi connectivity index (χ3v) is 5.40. The van der Waals surface area contributed by atoms with Gasteiger partial charge in [-0.3, -0.25) is 4.79 Å². The van der Waals surface area contributed by atoms with Gasteiger partial charge in [-0.1, -0.05) is 12.1 Å². The number of amides is 1. The molecule has 4 rings (SSSR count). The van der Waals surface area contributed by atoms with Crippen molar-refractivity contribution < 1.29 is 13.9 Å². The fraction of sp³-hybridized carbons (Fsp3) is 0.391. The first kappa shape index (κ1) is 21.6. The molecular weight excluding hydrogens is 410 g/mol. The summed E-state index contributed by atoms with van der Waals surface area (Å²) in [5, 5.41) is 6.50. The van der Waals surface area contributed by atoms with Gasteiger partial charge in [-0.15, -0.1) is 0 Å². The van der Waals surface area contributed by atoms with E-state index >= 15 is 0 Å². The number of aryl methyl sites for hydroxylation is 1. The van der Waals surface area contributed by atoms with Gasteiger partial charge in [-0.25, -0.2) is 9.78 Å². The monoisotopic (exact) mass is 437 g/mol. The van der Waals surface area contributed by atoms with Crippen molar-refractivity contribution in [3.05, 3.63) is 52.0 Å². The molecule has 0 bridgehead atoms. The maximum Gasteiger partial charge on any atom is 0.349 e. The van der Waals surface area contributed by atoms with E-state index in [1.54, 1.807) is 18.2 Å². The Balaban J connectivity index is 1.37. The predicted molar refractivity (Wildman–Crippen MR) is 123 cm³/mol. The van der Waals surface area contributed by atoms with E-state index in [4.69, 9.17) is 9.15 Å². The lowest BCUT2D eigenvalue weighted by molar-refractivity contribution is 0.0951. The molecule has 0 spiro atoms. The van der Waals surface area contributed by atoms with Crippen LogP contribution in [0.4, 0.5) is 11.8 Å². The molecule has 1 aliphatic rings. The van der Waals surface area contributed by atoms with Crippen molar-refractivity contribution in [2.24, 2.45) is 0 Å². The van der Waals surface area contributed by atoms with E-state index < -0.39 is 11.5 Å².